The largest absolute Gasteiger partial charge is 0.490 e. The Morgan fingerprint density at radius 2 is 1.91 bits per heavy atom. The fourth-order valence-corrected chi connectivity index (χ4v) is 4.77. The number of nitrogens with two attached hydrogens (primary N) is 1. The molecule has 172 valence electrons. The van der Waals surface area contributed by atoms with Crippen LogP contribution in [0.2, 0.25) is 0 Å². The number of aliphatic hydroxyl groups is 1. The van der Waals surface area contributed by atoms with Crippen molar-refractivity contribution in [2.75, 3.05) is 7.11 Å². The minimum Gasteiger partial charge on any atom is -0.490 e. The second-order valence-corrected chi connectivity index (χ2v) is 9.60. The Hall–Kier alpha value is -2.44. The number of hydrogen-bond acceptors (Lipinski definition) is 5. The Labute approximate surface area is 188 Å². The summed E-state index contributed by atoms with van der Waals surface area (Å²) < 4.78 is 26.3. The van der Waals surface area contributed by atoms with Gasteiger partial charge in [-0.25, -0.2) is 4.39 Å². The van der Waals surface area contributed by atoms with Crippen molar-refractivity contribution in [3.63, 3.8) is 0 Å². The maximum Gasteiger partial charge on any atom is 0.315 e. The van der Waals surface area contributed by atoms with E-state index < -0.39 is 11.5 Å². The number of aliphatic hydroxyl groups excluding tert-OH is 1. The molecule has 0 heterocycles. The lowest BCUT2D eigenvalue weighted by Gasteiger charge is -2.30. The van der Waals surface area contributed by atoms with Crippen molar-refractivity contribution in [1.82, 2.24) is 0 Å². The Bertz CT molecular complexity index is 991. The topological polar surface area (TPSA) is 81.8 Å². The van der Waals surface area contributed by atoms with Crippen LogP contribution in [0.4, 0.5) is 4.39 Å². The number of benzene rings is 2. The fraction of sp³-hybridized carbons (Fsp3) is 0.500. The number of hydrogen-bond donors (Lipinski definition) is 2. The smallest absolute Gasteiger partial charge is 0.315 e. The van der Waals surface area contributed by atoms with Gasteiger partial charge in [-0.15, -0.1) is 0 Å². The highest BCUT2D eigenvalue weighted by molar-refractivity contribution is 5.84. The van der Waals surface area contributed by atoms with E-state index in [1.54, 1.807) is 6.07 Å². The van der Waals surface area contributed by atoms with Gasteiger partial charge in [0.15, 0.2) is 0 Å². The summed E-state index contributed by atoms with van der Waals surface area (Å²) in [6.45, 7) is 3.62. The average Bonchev–Trinajstić information content (AvgIpc) is 3.04. The standard InChI is InChI=1S/C26H32FNO4/c1-26(2,25(30)31-3)16-10-11-23(32-17-13-21(28)22(29)14-17)19(12-16)18-8-5-9-20(27)24(18)15-6-4-7-15/h5,8-12,15,17,21-22,29H,4,6-7,13-14,28H2,1-3H3/t17-,21-,22+/m0/s1. The number of carbonyl (C=O) groups excluding carboxylic acids is 1. The van der Waals surface area contributed by atoms with Gasteiger partial charge in [-0.1, -0.05) is 24.6 Å². The maximum atomic E-state index is 15.0. The molecule has 6 heteroatoms. The van der Waals surface area contributed by atoms with Gasteiger partial charge in [0.25, 0.3) is 0 Å². The van der Waals surface area contributed by atoms with Crippen molar-refractivity contribution in [3.8, 4) is 16.9 Å². The monoisotopic (exact) mass is 441 g/mol. The van der Waals surface area contributed by atoms with E-state index in [9.17, 15) is 14.3 Å². The van der Waals surface area contributed by atoms with E-state index >= 15 is 0 Å². The van der Waals surface area contributed by atoms with Crippen LogP contribution in [-0.4, -0.2) is 36.4 Å². The van der Waals surface area contributed by atoms with E-state index in [1.165, 1.54) is 13.2 Å². The summed E-state index contributed by atoms with van der Waals surface area (Å²) in [5, 5.41) is 10.1. The van der Waals surface area contributed by atoms with Crippen molar-refractivity contribution in [2.45, 2.75) is 75.5 Å². The zero-order valence-corrected chi connectivity index (χ0v) is 18.9. The van der Waals surface area contributed by atoms with Crippen molar-refractivity contribution in [2.24, 2.45) is 5.73 Å². The molecule has 0 aliphatic heterocycles. The first kappa shape index (κ1) is 22.7. The van der Waals surface area contributed by atoms with Crippen LogP contribution < -0.4 is 10.5 Å². The molecule has 0 bridgehead atoms. The Morgan fingerprint density at radius 1 is 1.16 bits per heavy atom. The van der Waals surface area contributed by atoms with Gasteiger partial charge in [0, 0.05) is 24.4 Å². The molecule has 32 heavy (non-hydrogen) atoms. The second kappa shape index (κ2) is 8.83. The van der Waals surface area contributed by atoms with Crippen molar-refractivity contribution >= 4 is 5.97 Å². The molecule has 2 saturated carbocycles. The first-order valence-electron chi connectivity index (χ1n) is 11.3. The van der Waals surface area contributed by atoms with E-state index in [2.05, 4.69) is 0 Å². The molecular weight excluding hydrogens is 409 g/mol. The van der Waals surface area contributed by atoms with Crippen LogP contribution >= 0.6 is 0 Å². The lowest BCUT2D eigenvalue weighted by atomic mass is 9.76. The van der Waals surface area contributed by atoms with Gasteiger partial charge >= 0.3 is 5.97 Å². The summed E-state index contributed by atoms with van der Waals surface area (Å²) in [4.78, 5) is 12.4. The Balaban J connectivity index is 1.82. The zero-order valence-electron chi connectivity index (χ0n) is 18.9. The third-order valence-electron chi connectivity index (χ3n) is 7.08. The van der Waals surface area contributed by atoms with Crippen molar-refractivity contribution in [1.29, 1.82) is 0 Å². The maximum absolute atomic E-state index is 15.0. The van der Waals surface area contributed by atoms with E-state index in [-0.39, 0.29) is 29.9 Å². The molecule has 2 aromatic carbocycles. The predicted octanol–water partition coefficient (Wildman–Crippen LogP) is 4.44. The van der Waals surface area contributed by atoms with Gasteiger partial charge in [-0.05, 0) is 67.5 Å². The first-order valence-corrected chi connectivity index (χ1v) is 11.3. The van der Waals surface area contributed by atoms with Crippen LogP contribution in [0, 0.1) is 5.82 Å². The number of esters is 1. The molecule has 5 nitrogen and oxygen atoms in total. The van der Waals surface area contributed by atoms with E-state index in [4.69, 9.17) is 15.2 Å². The highest BCUT2D eigenvalue weighted by Crippen LogP contribution is 2.46. The van der Waals surface area contributed by atoms with Gasteiger partial charge in [0.1, 0.15) is 17.7 Å². The molecule has 0 amide bonds. The van der Waals surface area contributed by atoms with Crippen LogP contribution in [0.3, 0.4) is 0 Å². The van der Waals surface area contributed by atoms with Gasteiger partial charge in [-0.2, -0.15) is 0 Å². The van der Waals surface area contributed by atoms with Gasteiger partial charge in [0.05, 0.1) is 18.6 Å². The predicted molar refractivity (Wildman–Crippen MR) is 121 cm³/mol. The number of rotatable bonds is 6. The van der Waals surface area contributed by atoms with E-state index in [1.807, 2.05) is 38.1 Å². The van der Waals surface area contributed by atoms with E-state index in [0.717, 1.165) is 36.0 Å². The Morgan fingerprint density at radius 3 is 2.50 bits per heavy atom. The molecule has 2 fully saturated rings. The number of ether oxygens (including phenoxy) is 2. The van der Waals surface area contributed by atoms with Crippen LogP contribution in [0.15, 0.2) is 36.4 Å². The highest BCUT2D eigenvalue weighted by atomic mass is 19.1. The molecule has 2 aromatic rings. The molecule has 0 unspecified atom stereocenters. The zero-order chi connectivity index (χ0) is 23.0. The van der Waals surface area contributed by atoms with Crippen LogP contribution in [0.25, 0.3) is 11.1 Å². The molecule has 3 N–H and O–H groups in total. The lowest BCUT2D eigenvalue weighted by molar-refractivity contribution is -0.146. The quantitative estimate of drug-likeness (QED) is 0.648. The molecule has 4 rings (SSSR count). The van der Waals surface area contributed by atoms with E-state index in [0.29, 0.717) is 24.2 Å². The second-order valence-electron chi connectivity index (χ2n) is 9.60. The molecular formula is C26H32FNO4. The summed E-state index contributed by atoms with van der Waals surface area (Å²) in [7, 11) is 1.37. The number of carbonyl (C=O) groups is 1. The van der Waals surface area contributed by atoms with Crippen LogP contribution in [-0.2, 0) is 14.9 Å². The molecule has 0 aromatic heterocycles. The number of methoxy groups -OCH3 is 1. The normalized spacial score (nSPS) is 23.6. The molecule has 0 radical (unpaired) electrons. The minimum atomic E-state index is -0.877. The first-order chi connectivity index (χ1) is 15.2. The lowest BCUT2D eigenvalue weighted by Crippen LogP contribution is -2.30. The summed E-state index contributed by atoms with van der Waals surface area (Å²) in [6, 6.07) is 10.4. The van der Waals surface area contributed by atoms with Gasteiger partial charge in [0.2, 0.25) is 0 Å². The molecule has 0 saturated heterocycles. The fourth-order valence-electron chi connectivity index (χ4n) is 4.77. The molecule has 2 aliphatic rings. The summed E-state index contributed by atoms with van der Waals surface area (Å²) in [5.41, 5.74) is 8.11. The average molecular weight is 442 g/mol. The van der Waals surface area contributed by atoms with Crippen LogP contribution in [0.1, 0.15) is 63.0 Å². The van der Waals surface area contributed by atoms with Gasteiger partial charge < -0.3 is 20.3 Å². The Kier molecular flexibility index (Phi) is 6.28. The SMILES string of the molecule is COC(=O)C(C)(C)c1ccc(O[C@@H]2C[C@@H](O)[C@@H](N)C2)c(-c2cccc(F)c2C2CCC2)c1. The summed E-state index contributed by atoms with van der Waals surface area (Å²) in [6.07, 6.45) is 3.19. The summed E-state index contributed by atoms with van der Waals surface area (Å²) in [5.74, 6) is 0.222. The minimum absolute atomic E-state index is 0.179. The number of halogens is 1. The highest BCUT2D eigenvalue weighted by Gasteiger charge is 2.35. The van der Waals surface area contributed by atoms with Crippen LogP contribution in [0.5, 0.6) is 5.75 Å². The van der Waals surface area contributed by atoms with Gasteiger partial charge in [-0.3, -0.25) is 4.79 Å². The molecule has 2 aliphatic carbocycles. The van der Waals surface area contributed by atoms with Crippen molar-refractivity contribution < 1.29 is 23.8 Å². The molecule has 0 spiro atoms. The third-order valence-corrected chi connectivity index (χ3v) is 7.08. The van der Waals surface area contributed by atoms with Crippen molar-refractivity contribution in [3.05, 3.63) is 53.3 Å². The third kappa shape index (κ3) is 4.14. The molecule has 3 atom stereocenters. The summed E-state index contributed by atoms with van der Waals surface area (Å²) >= 11 is 0.